The molecule has 0 spiro atoms. The molecule has 1 aromatic heterocycles. The van der Waals surface area contributed by atoms with E-state index in [1.54, 1.807) is 7.11 Å². The number of nitrogens with zero attached hydrogens (tertiary/aromatic N) is 2. The van der Waals surface area contributed by atoms with Gasteiger partial charge in [-0.1, -0.05) is 6.07 Å². The fourth-order valence-electron chi connectivity index (χ4n) is 2.35. The molecule has 2 rings (SSSR count). The van der Waals surface area contributed by atoms with Gasteiger partial charge in [-0.2, -0.15) is 4.98 Å². The van der Waals surface area contributed by atoms with Crippen molar-refractivity contribution in [1.82, 2.24) is 4.98 Å². The van der Waals surface area contributed by atoms with Gasteiger partial charge in [0.05, 0.1) is 7.11 Å². The fraction of sp³-hybridized carbons (Fsp3) is 0.615. The van der Waals surface area contributed by atoms with Crippen LogP contribution in [0.1, 0.15) is 19.8 Å². The van der Waals surface area contributed by atoms with Gasteiger partial charge >= 0.3 is 0 Å². The molecule has 2 N–H and O–H groups in total. The summed E-state index contributed by atoms with van der Waals surface area (Å²) in [5, 5.41) is 0. The second-order valence-electron chi connectivity index (χ2n) is 4.72. The summed E-state index contributed by atoms with van der Waals surface area (Å²) in [5.41, 5.74) is 5.94. The van der Waals surface area contributed by atoms with E-state index in [-0.39, 0.29) is 0 Å². The van der Waals surface area contributed by atoms with E-state index < -0.39 is 0 Å². The van der Waals surface area contributed by atoms with E-state index in [0.29, 0.717) is 17.8 Å². The molecule has 2 heterocycles. The van der Waals surface area contributed by atoms with Gasteiger partial charge in [0.25, 0.3) is 0 Å². The van der Waals surface area contributed by atoms with Gasteiger partial charge in [0.15, 0.2) is 0 Å². The minimum Gasteiger partial charge on any atom is -0.481 e. The van der Waals surface area contributed by atoms with Gasteiger partial charge in [-0.05, 0) is 31.7 Å². The minimum atomic E-state index is 0.301. The number of methoxy groups -OCH3 is 1. The molecular formula is C13H21N3O. The van der Waals surface area contributed by atoms with Gasteiger partial charge in [0.2, 0.25) is 5.88 Å². The highest BCUT2D eigenvalue weighted by Crippen LogP contribution is 2.24. The van der Waals surface area contributed by atoms with Crippen LogP contribution in [0.4, 0.5) is 5.82 Å². The molecule has 4 heteroatoms. The first-order chi connectivity index (χ1) is 8.20. The molecule has 0 saturated carbocycles. The van der Waals surface area contributed by atoms with E-state index in [0.717, 1.165) is 31.7 Å². The van der Waals surface area contributed by atoms with Crippen LogP contribution in [0, 0.1) is 5.92 Å². The molecule has 1 unspecified atom stereocenters. The lowest BCUT2D eigenvalue weighted by Crippen LogP contribution is -2.40. The molecule has 1 aliphatic rings. The molecule has 0 aromatic carbocycles. The summed E-state index contributed by atoms with van der Waals surface area (Å²) in [4.78, 5) is 6.76. The third kappa shape index (κ3) is 2.88. The molecule has 1 atom stereocenters. The van der Waals surface area contributed by atoms with E-state index in [4.69, 9.17) is 10.5 Å². The van der Waals surface area contributed by atoms with Crippen LogP contribution in [0.25, 0.3) is 0 Å². The Morgan fingerprint density at radius 1 is 1.41 bits per heavy atom. The van der Waals surface area contributed by atoms with Crippen molar-refractivity contribution in [3.63, 3.8) is 0 Å². The van der Waals surface area contributed by atoms with Gasteiger partial charge in [-0.25, -0.2) is 0 Å². The normalized spacial score (nSPS) is 19.1. The zero-order chi connectivity index (χ0) is 12.3. The number of hydrogen-bond donors (Lipinski definition) is 1. The molecule has 1 aliphatic heterocycles. The maximum absolute atomic E-state index is 5.94. The average molecular weight is 235 g/mol. The van der Waals surface area contributed by atoms with E-state index >= 15 is 0 Å². The van der Waals surface area contributed by atoms with Crippen LogP contribution < -0.4 is 15.4 Å². The van der Waals surface area contributed by atoms with Crippen LogP contribution in [0.15, 0.2) is 18.2 Å². The number of piperidine rings is 1. The molecule has 0 aliphatic carbocycles. The number of nitrogens with two attached hydrogens (primary N) is 1. The molecular weight excluding hydrogens is 214 g/mol. The summed E-state index contributed by atoms with van der Waals surface area (Å²) in [6.45, 7) is 4.17. The standard InChI is InChI=1S/C13H21N3O/c1-10(14)11-6-8-16(9-7-11)12-4-3-5-13(15-12)17-2/h3-5,10-11H,6-9,14H2,1-2H3. The molecule has 94 valence electrons. The average Bonchev–Trinajstić information content (AvgIpc) is 2.39. The topological polar surface area (TPSA) is 51.4 Å². The highest BCUT2D eigenvalue weighted by Gasteiger charge is 2.22. The largest absolute Gasteiger partial charge is 0.481 e. The van der Waals surface area contributed by atoms with Crippen molar-refractivity contribution in [2.75, 3.05) is 25.1 Å². The Bertz CT molecular complexity index is 359. The van der Waals surface area contributed by atoms with E-state index in [2.05, 4.69) is 16.8 Å². The van der Waals surface area contributed by atoms with Crippen molar-refractivity contribution in [3.8, 4) is 5.88 Å². The molecule has 1 aromatic rings. The van der Waals surface area contributed by atoms with Gasteiger partial charge in [0, 0.05) is 25.2 Å². The Morgan fingerprint density at radius 3 is 2.71 bits per heavy atom. The maximum Gasteiger partial charge on any atom is 0.214 e. The lowest BCUT2D eigenvalue weighted by Gasteiger charge is -2.34. The second kappa shape index (κ2) is 5.36. The number of hydrogen-bond acceptors (Lipinski definition) is 4. The van der Waals surface area contributed by atoms with Crippen molar-refractivity contribution < 1.29 is 4.74 Å². The first-order valence-electron chi connectivity index (χ1n) is 6.22. The summed E-state index contributed by atoms with van der Waals surface area (Å²) in [5.74, 6) is 2.33. The predicted molar refractivity (Wildman–Crippen MR) is 69.4 cm³/mol. The smallest absolute Gasteiger partial charge is 0.214 e. The summed E-state index contributed by atoms with van der Waals surface area (Å²) in [7, 11) is 1.65. The summed E-state index contributed by atoms with van der Waals surface area (Å²) in [6.07, 6.45) is 2.30. The van der Waals surface area contributed by atoms with Crippen molar-refractivity contribution in [2.45, 2.75) is 25.8 Å². The SMILES string of the molecule is COc1cccc(N2CCC(C(C)N)CC2)n1. The monoisotopic (exact) mass is 235 g/mol. The summed E-state index contributed by atoms with van der Waals surface area (Å²) >= 11 is 0. The number of aromatic nitrogens is 1. The number of ether oxygens (including phenoxy) is 1. The molecule has 0 bridgehead atoms. The van der Waals surface area contributed by atoms with Crippen LogP contribution in [0.5, 0.6) is 5.88 Å². The van der Waals surface area contributed by atoms with E-state index in [1.807, 2.05) is 18.2 Å². The van der Waals surface area contributed by atoms with E-state index in [9.17, 15) is 0 Å². The third-order valence-corrected chi connectivity index (χ3v) is 3.53. The van der Waals surface area contributed by atoms with Crippen LogP contribution in [-0.4, -0.2) is 31.2 Å². The first-order valence-corrected chi connectivity index (χ1v) is 6.22. The first kappa shape index (κ1) is 12.2. The van der Waals surface area contributed by atoms with Crippen LogP contribution in [0.2, 0.25) is 0 Å². The second-order valence-corrected chi connectivity index (χ2v) is 4.72. The van der Waals surface area contributed by atoms with Crippen LogP contribution >= 0.6 is 0 Å². The zero-order valence-corrected chi connectivity index (χ0v) is 10.6. The Morgan fingerprint density at radius 2 is 2.12 bits per heavy atom. The highest BCUT2D eigenvalue weighted by molar-refractivity contribution is 5.41. The van der Waals surface area contributed by atoms with Crippen molar-refractivity contribution in [1.29, 1.82) is 0 Å². The number of pyridine rings is 1. The minimum absolute atomic E-state index is 0.301. The molecule has 1 fully saturated rings. The lowest BCUT2D eigenvalue weighted by atomic mass is 9.91. The fourth-order valence-corrected chi connectivity index (χ4v) is 2.35. The van der Waals surface area contributed by atoms with Gasteiger partial charge in [-0.3, -0.25) is 0 Å². The van der Waals surface area contributed by atoms with Crippen molar-refractivity contribution in [3.05, 3.63) is 18.2 Å². The quantitative estimate of drug-likeness (QED) is 0.865. The Labute approximate surface area is 103 Å². The van der Waals surface area contributed by atoms with E-state index in [1.165, 1.54) is 0 Å². The molecule has 0 amide bonds. The van der Waals surface area contributed by atoms with Gasteiger partial charge in [-0.15, -0.1) is 0 Å². The highest BCUT2D eigenvalue weighted by atomic mass is 16.5. The lowest BCUT2D eigenvalue weighted by molar-refractivity contribution is 0.352. The van der Waals surface area contributed by atoms with Gasteiger partial charge in [0.1, 0.15) is 5.82 Å². The molecule has 17 heavy (non-hydrogen) atoms. The number of anilines is 1. The Kier molecular flexibility index (Phi) is 3.84. The Hall–Kier alpha value is -1.29. The molecule has 1 saturated heterocycles. The summed E-state index contributed by atoms with van der Waals surface area (Å²) in [6, 6.07) is 6.20. The third-order valence-electron chi connectivity index (χ3n) is 3.53. The summed E-state index contributed by atoms with van der Waals surface area (Å²) < 4.78 is 5.15. The van der Waals surface area contributed by atoms with Gasteiger partial charge < -0.3 is 15.4 Å². The van der Waals surface area contributed by atoms with Crippen molar-refractivity contribution >= 4 is 5.82 Å². The Balaban J connectivity index is 2.00. The van der Waals surface area contributed by atoms with Crippen LogP contribution in [0.3, 0.4) is 0 Å². The number of rotatable bonds is 3. The maximum atomic E-state index is 5.94. The zero-order valence-electron chi connectivity index (χ0n) is 10.6. The van der Waals surface area contributed by atoms with Crippen LogP contribution in [-0.2, 0) is 0 Å². The molecule has 4 nitrogen and oxygen atoms in total. The van der Waals surface area contributed by atoms with Crippen molar-refractivity contribution in [2.24, 2.45) is 11.7 Å². The predicted octanol–water partition coefficient (Wildman–Crippen LogP) is 1.65. The molecule has 0 radical (unpaired) electrons.